The highest BCUT2D eigenvalue weighted by molar-refractivity contribution is 5.35. The maximum absolute atomic E-state index is 3.61. The Balaban J connectivity index is 1.85. The lowest BCUT2D eigenvalue weighted by atomic mass is 9.86. The molecule has 16 heavy (non-hydrogen) atoms. The molecule has 1 N–H and O–H groups in total. The number of nitrogens with zero attached hydrogens (tertiary/aromatic N) is 1. The molecule has 1 aromatic rings. The van der Waals surface area contributed by atoms with Gasteiger partial charge in [-0.3, -0.25) is 0 Å². The van der Waals surface area contributed by atoms with Crippen molar-refractivity contribution < 1.29 is 0 Å². The molecule has 3 rings (SSSR count). The van der Waals surface area contributed by atoms with Crippen molar-refractivity contribution in [2.24, 2.45) is 0 Å². The smallest absolute Gasteiger partial charge is 0.0323 e. The number of rotatable bonds is 2. The zero-order valence-electron chi connectivity index (χ0n) is 9.95. The van der Waals surface area contributed by atoms with Crippen LogP contribution in [0.15, 0.2) is 24.3 Å². The number of likely N-dealkylation sites (N-methyl/N-ethyl adjacent to an activating group) is 1. The summed E-state index contributed by atoms with van der Waals surface area (Å²) in [4.78, 5) is 2.39. The molecule has 2 nitrogen and oxygen atoms in total. The van der Waals surface area contributed by atoms with Crippen LogP contribution in [0.4, 0.5) is 0 Å². The molecule has 0 bridgehead atoms. The minimum atomic E-state index is 0.613. The third-order valence-corrected chi connectivity index (χ3v) is 3.94. The van der Waals surface area contributed by atoms with Crippen LogP contribution >= 0.6 is 0 Å². The number of hydrogen-bond acceptors (Lipinski definition) is 2. The Morgan fingerprint density at radius 3 is 2.56 bits per heavy atom. The highest BCUT2D eigenvalue weighted by Gasteiger charge is 2.29. The van der Waals surface area contributed by atoms with Crippen LogP contribution in [-0.2, 0) is 0 Å². The fourth-order valence-corrected chi connectivity index (χ4v) is 3.05. The van der Waals surface area contributed by atoms with Crippen molar-refractivity contribution in [3.63, 3.8) is 0 Å². The first-order chi connectivity index (χ1) is 7.84. The van der Waals surface area contributed by atoms with E-state index in [0.29, 0.717) is 6.04 Å². The molecule has 1 aromatic carbocycles. The quantitative estimate of drug-likeness (QED) is 0.815. The van der Waals surface area contributed by atoms with Gasteiger partial charge in [0.05, 0.1) is 0 Å². The average molecular weight is 216 g/mol. The third kappa shape index (κ3) is 1.76. The largest absolute Gasteiger partial charge is 0.310 e. The van der Waals surface area contributed by atoms with Gasteiger partial charge in [-0.05, 0) is 37.6 Å². The molecule has 0 radical (unpaired) electrons. The minimum Gasteiger partial charge on any atom is -0.310 e. The average Bonchev–Trinajstić information content (AvgIpc) is 2.78. The Hall–Kier alpha value is -0.860. The lowest BCUT2D eigenvalue weighted by molar-refractivity contribution is 0.188. The van der Waals surface area contributed by atoms with Gasteiger partial charge in [-0.2, -0.15) is 0 Å². The van der Waals surface area contributed by atoms with Crippen molar-refractivity contribution in [1.82, 2.24) is 10.2 Å². The Morgan fingerprint density at radius 2 is 1.94 bits per heavy atom. The summed E-state index contributed by atoms with van der Waals surface area (Å²) in [6.45, 7) is 3.64. The molecule has 2 saturated heterocycles. The van der Waals surface area contributed by atoms with Gasteiger partial charge < -0.3 is 10.2 Å². The lowest BCUT2D eigenvalue weighted by Gasteiger charge is -2.38. The molecule has 2 aliphatic heterocycles. The molecule has 2 aliphatic rings. The van der Waals surface area contributed by atoms with Gasteiger partial charge in [-0.25, -0.2) is 0 Å². The molecule has 1 atom stereocenters. The van der Waals surface area contributed by atoms with Crippen LogP contribution in [0, 0.1) is 0 Å². The summed E-state index contributed by atoms with van der Waals surface area (Å²) in [5.41, 5.74) is 3.14. The Labute approximate surface area is 97.6 Å². The molecule has 0 saturated carbocycles. The summed E-state index contributed by atoms with van der Waals surface area (Å²) >= 11 is 0. The van der Waals surface area contributed by atoms with Gasteiger partial charge in [0.2, 0.25) is 0 Å². The van der Waals surface area contributed by atoms with E-state index in [1.807, 2.05) is 0 Å². The van der Waals surface area contributed by atoms with E-state index in [4.69, 9.17) is 0 Å². The summed E-state index contributed by atoms with van der Waals surface area (Å²) in [6.07, 6.45) is 2.63. The molecule has 1 unspecified atom stereocenters. The van der Waals surface area contributed by atoms with Crippen molar-refractivity contribution in [2.75, 3.05) is 26.7 Å². The minimum absolute atomic E-state index is 0.613. The van der Waals surface area contributed by atoms with Crippen LogP contribution in [0.1, 0.15) is 35.9 Å². The Morgan fingerprint density at radius 1 is 1.19 bits per heavy atom. The molecule has 0 amide bonds. The standard InChI is InChI=1S/C14H20N2/c1-16-9-11(10-16)12-5-2-3-6-13(12)14-7-4-8-15-14/h2-3,5-6,11,14-15H,4,7-10H2,1H3. The zero-order valence-corrected chi connectivity index (χ0v) is 9.95. The summed E-state index contributed by atoms with van der Waals surface area (Å²) in [5.74, 6) is 0.767. The van der Waals surface area contributed by atoms with Crippen molar-refractivity contribution in [3.05, 3.63) is 35.4 Å². The van der Waals surface area contributed by atoms with Crippen LogP contribution in [0.25, 0.3) is 0 Å². The highest BCUT2D eigenvalue weighted by Crippen LogP contribution is 2.33. The van der Waals surface area contributed by atoms with Crippen molar-refractivity contribution >= 4 is 0 Å². The van der Waals surface area contributed by atoms with Crippen LogP contribution in [0.2, 0.25) is 0 Å². The zero-order chi connectivity index (χ0) is 11.0. The summed E-state index contributed by atoms with van der Waals surface area (Å²) in [7, 11) is 2.20. The van der Waals surface area contributed by atoms with Gasteiger partial charge in [0.1, 0.15) is 0 Å². The van der Waals surface area contributed by atoms with Crippen molar-refractivity contribution in [1.29, 1.82) is 0 Å². The maximum Gasteiger partial charge on any atom is 0.0323 e. The van der Waals surface area contributed by atoms with E-state index in [1.54, 1.807) is 11.1 Å². The van der Waals surface area contributed by atoms with Gasteiger partial charge in [-0.15, -0.1) is 0 Å². The maximum atomic E-state index is 3.61. The fraction of sp³-hybridized carbons (Fsp3) is 0.571. The summed E-state index contributed by atoms with van der Waals surface area (Å²) < 4.78 is 0. The molecule has 2 fully saturated rings. The molecule has 86 valence electrons. The van der Waals surface area contributed by atoms with Gasteiger partial charge >= 0.3 is 0 Å². The number of hydrogen-bond donors (Lipinski definition) is 1. The second-order valence-electron chi connectivity index (χ2n) is 5.20. The molecule has 0 aliphatic carbocycles. The van der Waals surface area contributed by atoms with E-state index in [9.17, 15) is 0 Å². The van der Waals surface area contributed by atoms with E-state index in [1.165, 1.54) is 32.5 Å². The second kappa shape index (κ2) is 4.19. The molecule has 0 aromatic heterocycles. The molecule has 2 heterocycles. The third-order valence-electron chi connectivity index (χ3n) is 3.94. The van der Waals surface area contributed by atoms with Gasteiger partial charge in [0.25, 0.3) is 0 Å². The first-order valence-corrected chi connectivity index (χ1v) is 6.35. The fourth-order valence-electron chi connectivity index (χ4n) is 3.05. The van der Waals surface area contributed by atoms with E-state index < -0.39 is 0 Å². The Bertz CT molecular complexity index is 363. The van der Waals surface area contributed by atoms with E-state index in [2.05, 4.69) is 41.5 Å². The topological polar surface area (TPSA) is 15.3 Å². The normalized spacial score (nSPS) is 26.9. The Kier molecular flexibility index (Phi) is 2.70. The summed E-state index contributed by atoms with van der Waals surface area (Å²) in [6, 6.07) is 9.62. The predicted octanol–water partition coefficient (Wildman–Crippen LogP) is 2.14. The van der Waals surface area contributed by atoms with Crippen LogP contribution < -0.4 is 5.32 Å². The monoisotopic (exact) mass is 216 g/mol. The first kappa shape index (κ1) is 10.3. The molecular weight excluding hydrogens is 196 g/mol. The number of nitrogens with one attached hydrogen (secondary N) is 1. The van der Waals surface area contributed by atoms with Gasteiger partial charge in [-0.1, -0.05) is 24.3 Å². The van der Waals surface area contributed by atoms with Gasteiger partial charge in [0, 0.05) is 25.0 Å². The molecule has 0 spiro atoms. The molecular formula is C14H20N2. The van der Waals surface area contributed by atoms with Crippen LogP contribution in [-0.4, -0.2) is 31.6 Å². The number of benzene rings is 1. The lowest BCUT2D eigenvalue weighted by Crippen LogP contribution is -2.42. The molecule has 2 heteroatoms. The van der Waals surface area contributed by atoms with Crippen LogP contribution in [0.5, 0.6) is 0 Å². The van der Waals surface area contributed by atoms with Crippen molar-refractivity contribution in [2.45, 2.75) is 24.8 Å². The van der Waals surface area contributed by atoms with Crippen LogP contribution in [0.3, 0.4) is 0 Å². The second-order valence-corrected chi connectivity index (χ2v) is 5.20. The van der Waals surface area contributed by atoms with Crippen molar-refractivity contribution in [3.8, 4) is 0 Å². The van der Waals surface area contributed by atoms with E-state index in [-0.39, 0.29) is 0 Å². The number of likely N-dealkylation sites (tertiary alicyclic amines) is 1. The predicted molar refractivity (Wildman–Crippen MR) is 66.7 cm³/mol. The van der Waals surface area contributed by atoms with Gasteiger partial charge in [0.15, 0.2) is 0 Å². The summed E-state index contributed by atoms with van der Waals surface area (Å²) in [5, 5.41) is 3.61. The first-order valence-electron chi connectivity index (χ1n) is 6.35. The highest BCUT2D eigenvalue weighted by atomic mass is 15.2. The van der Waals surface area contributed by atoms with E-state index in [0.717, 1.165) is 5.92 Å². The SMILES string of the molecule is CN1CC(c2ccccc2C2CCCN2)C1. The van der Waals surface area contributed by atoms with E-state index >= 15 is 0 Å².